The van der Waals surface area contributed by atoms with E-state index in [9.17, 15) is 13.6 Å². The number of aromatic nitrogens is 2. The summed E-state index contributed by atoms with van der Waals surface area (Å²) in [5.74, 6) is -0.229. The fraction of sp³-hybridized carbons (Fsp3) is 0.150. The molecule has 27 heavy (non-hydrogen) atoms. The summed E-state index contributed by atoms with van der Waals surface area (Å²) in [6.45, 7) is -1.07. The van der Waals surface area contributed by atoms with Crippen molar-refractivity contribution in [1.29, 1.82) is 0 Å². The van der Waals surface area contributed by atoms with Crippen molar-refractivity contribution in [1.82, 2.24) is 15.3 Å². The Hall–Kier alpha value is -3.35. The minimum absolute atomic E-state index is 0.0713. The number of halogens is 2. The molecule has 2 aromatic carbocycles. The summed E-state index contributed by atoms with van der Waals surface area (Å²) in [6.07, 6.45) is 4.56. The van der Waals surface area contributed by atoms with Gasteiger partial charge in [0.15, 0.2) is 0 Å². The van der Waals surface area contributed by atoms with Gasteiger partial charge in [-0.25, -0.2) is 4.98 Å². The van der Waals surface area contributed by atoms with Gasteiger partial charge in [0, 0.05) is 6.08 Å². The summed E-state index contributed by atoms with van der Waals surface area (Å²) in [5, 5.41) is 2.80. The number of para-hydroxylation sites is 2. The van der Waals surface area contributed by atoms with Gasteiger partial charge in [-0.05, 0) is 42.8 Å². The highest BCUT2D eigenvalue weighted by Crippen LogP contribution is 2.19. The van der Waals surface area contributed by atoms with Gasteiger partial charge in [-0.1, -0.05) is 24.3 Å². The van der Waals surface area contributed by atoms with E-state index in [-0.39, 0.29) is 17.7 Å². The zero-order chi connectivity index (χ0) is 19.2. The molecule has 0 spiro atoms. The summed E-state index contributed by atoms with van der Waals surface area (Å²) in [7, 11) is 0. The third-order valence-corrected chi connectivity index (χ3v) is 3.84. The van der Waals surface area contributed by atoms with Crippen LogP contribution in [0.15, 0.2) is 60.8 Å². The second kappa shape index (κ2) is 8.35. The van der Waals surface area contributed by atoms with Crippen molar-refractivity contribution in [3.8, 4) is 5.75 Å². The summed E-state index contributed by atoms with van der Waals surface area (Å²) in [6, 6.07) is 13.3. The summed E-state index contributed by atoms with van der Waals surface area (Å²) < 4.78 is 28.6. The lowest BCUT2D eigenvalue weighted by Gasteiger charge is -2.13. The lowest BCUT2D eigenvalue weighted by Crippen LogP contribution is -2.24. The molecule has 3 aromatic rings. The Balaban J connectivity index is 1.61. The molecular formula is C20H17F2N3O2. The predicted molar refractivity (Wildman–Crippen MR) is 98.2 cm³/mol. The van der Waals surface area contributed by atoms with Gasteiger partial charge in [0.05, 0.1) is 29.0 Å². The largest absolute Gasteiger partial charge is 0.435 e. The van der Waals surface area contributed by atoms with Crippen LogP contribution in [0.4, 0.5) is 8.78 Å². The first-order valence-electron chi connectivity index (χ1n) is 8.26. The van der Waals surface area contributed by atoms with Crippen molar-refractivity contribution in [3.63, 3.8) is 0 Å². The topological polar surface area (TPSA) is 64.1 Å². The third-order valence-electron chi connectivity index (χ3n) is 3.84. The molecule has 1 unspecified atom stereocenters. The number of hydrogen-bond acceptors (Lipinski definition) is 4. The van der Waals surface area contributed by atoms with Gasteiger partial charge in [0.25, 0.3) is 0 Å². The number of nitrogens with one attached hydrogen (secondary N) is 1. The van der Waals surface area contributed by atoms with E-state index in [1.165, 1.54) is 18.2 Å². The average Bonchev–Trinajstić information content (AvgIpc) is 2.66. The number of fused-ring (bicyclic) bond motifs is 1. The molecule has 0 aliphatic carbocycles. The summed E-state index contributed by atoms with van der Waals surface area (Å²) in [4.78, 5) is 20.8. The van der Waals surface area contributed by atoms with Crippen LogP contribution in [0.1, 0.15) is 24.2 Å². The molecule has 138 valence electrons. The molecule has 1 heterocycles. The highest BCUT2D eigenvalue weighted by molar-refractivity contribution is 5.92. The molecule has 0 fully saturated rings. The number of hydrogen-bond donors (Lipinski definition) is 1. The Morgan fingerprint density at radius 1 is 1.11 bits per heavy atom. The standard InChI is InChI=1S/C20H17F2N3O2/c1-13(14-6-9-16(10-7-14)27-20(21)22)24-19(26)11-8-15-12-23-17-4-2-3-5-18(17)25-15/h2-13,20H,1H3,(H,24,26)/b11-8+. The molecule has 0 radical (unpaired) electrons. The number of ether oxygens (including phenoxy) is 1. The monoisotopic (exact) mass is 369 g/mol. The molecule has 1 amide bonds. The smallest absolute Gasteiger partial charge is 0.387 e. The molecule has 3 rings (SSSR count). The van der Waals surface area contributed by atoms with E-state index in [1.54, 1.807) is 31.3 Å². The fourth-order valence-corrected chi connectivity index (χ4v) is 2.50. The Kier molecular flexibility index (Phi) is 5.71. The van der Waals surface area contributed by atoms with Crippen LogP contribution in [0.3, 0.4) is 0 Å². The number of nitrogens with zero attached hydrogens (tertiary/aromatic N) is 2. The SMILES string of the molecule is CC(NC(=O)/C=C/c1cnc2ccccc2n1)c1ccc(OC(F)F)cc1. The average molecular weight is 369 g/mol. The van der Waals surface area contributed by atoms with Crippen LogP contribution in [0.5, 0.6) is 5.75 Å². The summed E-state index contributed by atoms with van der Waals surface area (Å²) >= 11 is 0. The minimum atomic E-state index is -2.86. The van der Waals surface area contributed by atoms with E-state index < -0.39 is 6.61 Å². The quantitative estimate of drug-likeness (QED) is 0.664. The van der Waals surface area contributed by atoms with E-state index in [4.69, 9.17) is 0 Å². The van der Waals surface area contributed by atoms with Crippen molar-refractivity contribution in [2.75, 3.05) is 0 Å². The first-order chi connectivity index (χ1) is 13.0. The molecule has 7 heteroatoms. The molecule has 1 aromatic heterocycles. The molecule has 0 aliphatic rings. The van der Waals surface area contributed by atoms with Crippen LogP contribution >= 0.6 is 0 Å². The highest BCUT2D eigenvalue weighted by Gasteiger charge is 2.09. The zero-order valence-corrected chi connectivity index (χ0v) is 14.5. The maximum absolute atomic E-state index is 12.2. The number of benzene rings is 2. The van der Waals surface area contributed by atoms with Crippen LogP contribution < -0.4 is 10.1 Å². The third kappa shape index (κ3) is 5.07. The highest BCUT2D eigenvalue weighted by atomic mass is 19.3. The molecule has 1 atom stereocenters. The van der Waals surface area contributed by atoms with Crippen molar-refractivity contribution in [2.24, 2.45) is 0 Å². The van der Waals surface area contributed by atoms with Gasteiger partial charge in [-0.15, -0.1) is 0 Å². The maximum Gasteiger partial charge on any atom is 0.387 e. The maximum atomic E-state index is 12.2. The van der Waals surface area contributed by atoms with E-state index in [0.29, 0.717) is 5.69 Å². The van der Waals surface area contributed by atoms with Gasteiger partial charge in [0.2, 0.25) is 5.91 Å². The fourth-order valence-electron chi connectivity index (χ4n) is 2.50. The Morgan fingerprint density at radius 2 is 1.81 bits per heavy atom. The van der Waals surface area contributed by atoms with Crippen LogP contribution in [0, 0.1) is 0 Å². The number of rotatable bonds is 6. The Morgan fingerprint density at radius 3 is 2.52 bits per heavy atom. The van der Waals surface area contributed by atoms with E-state index in [0.717, 1.165) is 16.6 Å². The van der Waals surface area contributed by atoms with Crippen LogP contribution in [-0.2, 0) is 4.79 Å². The van der Waals surface area contributed by atoms with Crippen molar-refractivity contribution in [3.05, 3.63) is 72.1 Å². The molecule has 5 nitrogen and oxygen atoms in total. The number of carbonyl (C=O) groups is 1. The molecule has 0 bridgehead atoms. The van der Waals surface area contributed by atoms with Gasteiger partial charge in [-0.2, -0.15) is 8.78 Å². The van der Waals surface area contributed by atoms with Gasteiger partial charge in [-0.3, -0.25) is 9.78 Å². The second-order valence-corrected chi connectivity index (χ2v) is 5.79. The van der Waals surface area contributed by atoms with Crippen LogP contribution in [0.25, 0.3) is 17.1 Å². The van der Waals surface area contributed by atoms with Crippen LogP contribution in [0.2, 0.25) is 0 Å². The minimum Gasteiger partial charge on any atom is -0.435 e. The van der Waals surface area contributed by atoms with Gasteiger partial charge in [0.1, 0.15) is 5.75 Å². The van der Waals surface area contributed by atoms with Gasteiger partial charge < -0.3 is 10.1 Å². The number of amides is 1. The molecule has 0 saturated heterocycles. The van der Waals surface area contributed by atoms with Crippen molar-refractivity contribution in [2.45, 2.75) is 19.6 Å². The van der Waals surface area contributed by atoms with E-state index in [1.807, 2.05) is 24.3 Å². The second-order valence-electron chi connectivity index (χ2n) is 5.79. The van der Waals surface area contributed by atoms with E-state index in [2.05, 4.69) is 20.0 Å². The predicted octanol–water partition coefficient (Wildman–Crippen LogP) is 4.12. The Bertz CT molecular complexity index is 959. The first-order valence-corrected chi connectivity index (χ1v) is 8.26. The molecule has 0 saturated carbocycles. The number of carbonyl (C=O) groups excluding carboxylic acids is 1. The zero-order valence-electron chi connectivity index (χ0n) is 14.5. The lowest BCUT2D eigenvalue weighted by atomic mass is 10.1. The van der Waals surface area contributed by atoms with Crippen molar-refractivity contribution < 1.29 is 18.3 Å². The van der Waals surface area contributed by atoms with Crippen LogP contribution in [-0.4, -0.2) is 22.5 Å². The Labute approximate surface area is 154 Å². The van der Waals surface area contributed by atoms with E-state index >= 15 is 0 Å². The van der Waals surface area contributed by atoms with Crippen molar-refractivity contribution >= 4 is 23.0 Å². The summed E-state index contributed by atoms with van der Waals surface area (Å²) in [5.41, 5.74) is 2.88. The normalized spacial score (nSPS) is 12.4. The number of alkyl halides is 2. The lowest BCUT2D eigenvalue weighted by molar-refractivity contribution is -0.117. The molecule has 0 aliphatic heterocycles. The molecule has 1 N–H and O–H groups in total. The first kappa shape index (κ1) is 18.4. The van der Waals surface area contributed by atoms with Gasteiger partial charge >= 0.3 is 6.61 Å². The molecular weight excluding hydrogens is 352 g/mol.